The smallest absolute Gasteiger partial charge is 0.344 e. The molecule has 0 unspecified atom stereocenters. The molecule has 4 aromatic rings. The highest BCUT2D eigenvalue weighted by molar-refractivity contribution is 8.18. The number of ether oxygens (including phenoxy) is 2. The number of hydrogen-bond donors (Lipinski definition) is 7. The number of urea groups is 1. The molecule has 15 nitrogen and oxygen atoms in total. The van der Waals surface area contributed by atoms with E-state index in [1.54, 1.807) is 49.4 Å². The van der Waals surface area contributed by atoms with Crippen LogP contribution >= 0.6 is 11.8 Å². The lowest BCUT2D eigenvalue weighted by Crippen LogP contribution is -2.25. The number of phenolic OH excluding ortho intramolecular Hbond substituents is 1. The highest BCUT2D eigenvalue weighted by Crippen LogP contribution is 2.41. The zero-order valence-electron chi connectivity index (χ0n) is 31.4. The number of nitrogens with zero attached hydrogens (tertiary/aromatic N) is 2. The number of carbonyl (C=O) groups is 4. The zero-order chi connectivity index (χ0) is 40.9. The lowest BCUT2D eigenvalue weighted by Gasteiger charge is -2.12. The first kappa shape index (κ1) is 40.6. The minimum atomic E-state index is -0.687. The minimum Gasteiger partial charge on any atom is -0.506 e. The van der Waals surface area contributed by atoms with Crippen molar-refractivity contribution >= 4 is 75.8 Å². The third kappa shape index (κ3) is 10.8. The summed E-state index contributed by atoms with van der Waals surface area (Å²) in [4.78, 5) is 59.0. The largest absolute Gasteiger partial charge is 0.506 e. The Balaban J connectivity index is 0.984. The molecule has 0 spiro atoms. The Morgan fingerprint density at radius 2 is 1.71 bits per heavy atom. The van der Waals surface area contributed by atoms with Gasteiger partial charge in [-0.15, -0.1) is 0 Å². The Hall–Kier alpha value is -7.07. The van der Waals surface area contributed by atoms with Gasteiger partial charge in [-0.3, -0.25) is 14.6 Å². The average molecular weight is 804 g/mol. The van der Waals surface area contributed by atoms with Crippen molar-refractivity contribution in [3.8, 4) is 11.5 Å². The monoisotopic (exact) mass is 803 g/mol. The van der Waals surface area contributed by atoms with Gasteiger partial charge < -0.3 is 46.3 Å². The fourth-order valence-corrected chi connectivity index (χ4v) is 6.84. The van der Waals surface area contributed by atoms with Crippen LogP contribution in [0.1, 0.15) is 41.3 Å². The van der Waals surface area contributed by atoms with E-state index in [0.29, 0.717) is 64.1 Å². The van der Waals surface area contributed by atoms with Crippen LogP contribution in [0.5, 0.6) is 11.5 Å². The average Bonchev–Trinajstić information content (AvgIpc) is 3.86. The molecule has 0 saturated carbocycles. The maximum absolute atomic E-state index is 13.0. The van der Waals surface area contributed by atoms with Crippen LogP contribution in [-0.2, 0) is 14.3 Å². The van der Waals surface area contributed by atoms with E-state index in [9.17, 15) is 29.4 Å². The number of esters is 1. The molecule has 0 aromatic heterocycles. The van der Waals surface area contributed by atoms with Crippen LogP contribution in [0.15, 0.2) is 117 Å². The molecule has 6 rings (SSSR count). The Morgan fingerprint density at radius 1 is 0.931 bits per heavy atom. The van der Waals surface area contributed by atoms with E-state index in [1.807, 2.05) is 30.3 Å². The normalized spacial score (nSPS) is 14.7. The molecule has 58 heavy (non-hydrogen) atoms. The van der Waals surface area contributed by atoms with E-state index in [2.05, 4.69) is 36.6 Å². The van der Waals surface area contributed by atoms with Gasteiger partial charge in [0.15, 0.2) is 11.5 Å². The Morgan fingerprint density at radius 3 is 2.43 bits per heavy atom. The van der Waals surface area contributed by atoms with Gasteiger partial charge in [0.05, 0.1) is 30.4 Å². The van der Waals surface area contributed by atoms with E-state index in [0.717, 1.165) is 36.3 Å². The summed E-state index contributed by atoms with van der Waals surface area (Å²) in [6.45, 7) is 3.88. The third-order valence-electron chi connectivity index (χ3n) is 8.52. The lowest BCUT2D eigenvalue weighted by atomic mass is 10.1. The maximum atomic E-state index is 13.0. The number of aliphatic hydroxyl groups excluding tert-OH is 1. The van der Waals surface area contributed by atoms with E-state index in [-0.39, 0.29) is 41.6 Å². The van der Waals surface area contributed by atoms with Crippen LogP contribution in [0.2, 0.25) is 0 Å². The van der Waals surface area contributed by atoms with Gasteiger partial charge in [-0.2, -0.15) is 0 Å². The highest BCUT2D eigenvalue weighted by atomic mass is 32.2. The molecule has 2 aliphatic heterocycles. The van der Waals surface area contributed by atoms with Gasteiger partial charge in [-0.05, 0) is 98.1 Å². The first-order valence-corrected chi connectivity index (χ1v) is 19.2. The first-order chi connectivity index (χ1) is 28.2. The summed E-state index contributed by atoms with van der Waals surface area (Å²) in [6.07, 6.45) is 3.21. The fourth-order valence-electron chi connectivity index (χ4n) is 5.80. The Kier molecular flexibility index (Phi) is 13.8. The summed E-state index contributed by atoms with van der Waals surface area (Å²) < 4.78 is 10.9. The molecule has 2 heterocycles. The molecule has 0 radical (unpaired) electrons. The Labute approximate surface area is 338 Å². The number of rotatable bonds is 16. The summed E-state index contributed by atoms with van der Waals surface area (Å²) in [6, 6.07) is 25.0. The van der Waals surface area contributed by atoms with Crippen molar-refractivity contribution in [1.29, 1.82) is 0 Å². The summed E-state index contributed by atoms with van der Waals surface area (Å²) in [5.41, 5.74) is 3.44. The molecule has 2 aliphatic rings. The topological polar surface area (TPSA) is 212 Å². The molecule has 16 heteroatoms. The SMILES string of the molecule is CCOC(=O)C1=C(O)/C(=C/c2ccc(OCCCCNC(=O)c3cc(NC=O)cc(NC(=O)Nc4ccc(C5=NCCN5)cc4)c3)c(O)c2)SC1=Nc1ccccc1. The molecular weight excluding hydrogens is 763 g/mol. The van der Waals surface area contributed by atoms with Gasteiger partial charge in [-0.25, -0.2) is 14.6 Å². The summed E-state index contributed by atoms with van der Waals surface area (Å²) in [5, 5.41) is 36.0. The van der Waals surface area contributed by atoms with Crippen LogP contribution < -0.4 is 31.3 Å². The number of aliphatic imine (C=N–C) groups is 2. The standard InChI is InChI=1S/C42H41N7O8S/c1-2-56-41(54)36-37(52)35(58-40(36)47-29-8-4-3-5-9-29)21-26-10-15-34(33(51)20-26)57-19-7-6-16-45-39(53)28-22-31(46-25-50)24-32(23-28)49-42(55)48-30-13-11-27(12-14-30)38-43-17-18-44-38/h3-5,8-15,20-25,51-52H,2,6-7,16-19H2,1H3,(H,43,44)(H,45,53)(H,46,50)(H2,48,49,55)/b35-21-,47-40?. The number of benzene rings is 4. The third-order valence-corrected chi connectivity index (χ3v) is 9.54. The summed E-state index contributed by atoms with van der Waals surface area (Å²) >= 11 is 1.11. The van der Waals surface area contributed by atoms with Gasteiger partial charge in [0.1, 0.15) is 22.2 Å². The molecule has 0 aliphatic carbocycles. The quantitative estimate of drug-likeness (QED) is 0.0360. The van der Waals surface area contributed by atoms with Crippen molar-refractivity contribution in [3.05, 3.63) is 124 Å². The van der Waals surface area contributed by atoms with Crippen LogP contribution in [-0.4, -0.2) is 78.3 Å². The number of aromatic hydroxyl groups is 1. The molecule has 0 fully saturated rings. The number of aliphatic hydroxyl groups is 1. The van der Waals surface area contributed by atoms with Crippen molar-refractivity contribution < 1.29 is 38.9 Å². The molecule has 7 N–H and O–H groups in total. The van der Waals surface area contributed by atoms with Gasteiger partial charge in [-0.1, -0.05) is 36.0 Å². The minimum absolute atomic E-state index is 0.0288. The van der Waals surface area contributed by atoms with Crippen molar-refractivity contribution in [3.63, 3.8) is 0 Å². The summed E-state index contributed by atoms with van der Waals surface area (Å²) in [5.74, 6) is -0.417. The number of carbonyl (C=O) groups excluding carboxylic acids is 4. The molecule has 0 saturated heterocycles. The van der Waals surface area contributed by atoms with Crippen molar-refractivity contribution in [2.75, 3.05) is 48.8 Å². The molecule has 0 atom stereocenters. The number of nitrogens with one attached hydrogen (secondary N) is 5. The van der Waals surface area contributed by atoms with Gasteiger partial charge in [0, 0.05) is 41.3 Å². The predicted molar refractivity (Wildman–Crippen MR) is 225 cm³/mol. The first-order valence-electron chi connectivity index (χ1n) is 18.4. The molecule has 4 aromatic carbocycles. The number of thioether (sulfide) groups is 1. The Bertz CT molecular complexity index is 2290. The number of amidine groups is 1. The second-order valence-electron chi connectivity index (χ2n) is 12.7. The second-order valence-corrected chi connectivity index (χ2v) is 13.8. The van der Waals surface area contributed by atoms with Crippen molar-refractivity contribution in [2.24, 2.45) is 9.98 Å². The predicted octanol–water partition coefficient (Wildman–Crippen LogP) is 6.74. The molecule has 298 valence electrons. The van der Waals surface area contributed by atoms with E-state index < -0.39 is 17.9 Å². The fraction of sp³-hybridized carbons (Fsp3) is 0.190. The lowest BCUT2D eigenvalue weighted by molar-refractivity contribution is -0.138. The second kappa shape index (κ2) is 19.7. The molecule has 4 amide bonds. The number of anilines is 3. The van der Waals surface area contributed by atoms with E-state index in [1.165, 1.54) is 24.3 Å². The van der Waals surface area contributed by atoms with Crippen LogP contribution in [0.4, 0.5) is 27.5 Å². The van der Waals surface area contributed by atoms with Crippen LogP contribution in [0, 0.1) is 0 Å². The highest BCUT2D eigenvalue weighted by Gasteiger charge is 2.33. The number of amides is 4. The van der Waals surface area contributed by atoms with E-state index >= 15 is 0 Å². The summed E-state index contributed by atoms with van der Waals surface area (Å²) in [7, 11) is 0. The maximum Gasteiger partial charge on any atom is 0.344 e. The van der Waals surface area contributed by atoms with Gasteiger partial charge in [0.2, 0.25) is 6.41 Å². The number of unbranched alkanes of at least 4 members (excludes halogenated alkanes) is 1. The van der Waals surface area contributed by atoms with Gasteiger partial charge in [0.25, 0.3) is 5.91 Å². The van der Waals surface area contributed by atoms with Crippen LogP contribution in [0.25, 0.3) is 6.08 Å². The van der Waals surface area contributed by atoms with Gasteiger partial charge >= 0.3 is 12.0 Å². The van der Waals surface area contributed by atoms with E-state index in [4.69, 9.17) is 9.47 Å². The zero-order valence-corrected chi connectivity index (χ0v) is 32.2. The molecular formula is C42H41N7O8S. The van der Waals surface area contributed by atoms with Crippen LogP contribution in [0.3, 0.4) is 0 Å². The molecule has 0 bridgehead atoms. The number of para-hydroxylation sites is 1. The van der Waals surface area contributed by atoms with Crippen molar-refractivity contribution in [1.82, 2.24) is 10.6 Å². The number of phenols is 1. The number of hydrogen-bond acceptors (Lipinski definition) is 12. The van der Waals surface area contributed by atoms with Crippen molar-refractivity contribution in [2.45, 2.75) is 19.8 Å².